The van der Waals surface area contributed by atoms with Gasteiger partial charge in [0.1, 0.15) is 0 Å². The van der Waals surface area contributed by atoms with Crippen LogP contribution < -0.4 is 5.32 Å². The third kappa shape index (κ3) is 3.42. The monoisotopic (exact) mass is 340 g/mol. The zero-order chi connectivity index (χ0) is 17.8. The Labute approximate surface area is 150 Å². The normalized spacial score (nSPS) is 10.6. The van der Waals surface area contributed by atoms with Gasteiger partial charge in [-0.2, -0.15) is 0 Å². The van der Waals surface area contributed by atoms with Crippen LogP contribution in [0.15, 0.2) is 79.3 Å². The van der Waals surface area contributed by atoms with Gasteiger partial charge in [-0.3, -0.25) is 14.8 Å². The van der Waals surface area contributed by atoms with Crippen molar-refractivity contribution in [1.82, 2.24) is 15.0 Å². The molecular formula is C21H16N4O. The Hall–Kier alpha value is -3.60. The number of rotatable bonds is 4. The fraction of sp³-hybridized carbons (Fsp3) is 0.0476. The number of anilines is 1. The molecule has 26 heavy (non-hydrogen) atoms. The van der Waals surface area contributed by atoms with Gasteiger partial charge >= 0.3 is 0 Å². The first-order valence-corrected chi connectivity index (χ1v) is 8.29. The molecule has 2 aromatic carbocycles. The van der Waals surface area contributed by atoms with Crippen molar-refractivity contribution >= 4 is 22.5 Å². The average Bonchev–Trinajstić information content (AvgIpc) is 2.69. The summed E-state index contributed by atoms with van der Waals surface area (Å²) in [7, 11) is 0. The standard InChI is InChI=1S/C21H16N4O/c26-20(13-17-14-22-11-12-23-17)24-19-8-4-7-16-9-10-18(25-21(16)19)15-5-2-1-3-6-15/h1-12,14H,13H2,(H,24,26). The second-order valence-electron chi connectivity index (χ2n) is 5.86. The van der Waals surface area contributed by atoms with E-state index < -0.39 is 0 Å². The second kappa shape index (κ2) is 7.11. The third-order valence-electron chi connectivity index (χ3n) is 4.02. The molecule has 0 bridgehead atoms. The predicted molar refractivity (Wildman–Crippen MR) is 102 cm³/mol. The van der Waals surface area contributed by atoms with Gasteiger partial charge in [0.05, 0.1) is 29.0 Å². The maximum Gasteiger partial charge on any atom is 0.230 e. The highest BCUT2D eigenvalue weighted by molar-refractivity contribution is 6.01. The number of hydrogen-bond donors (Lipinski definition) is 1. The minimum absolute atomic E-state index is 0.148. The Morgan fingerprint density at radius 3 is 2.62 bits per heavy atom. The molecule has 1 amide bonds. The molecule has 4 aromatic rings. The third-order valence-corrected chi connectivity index (χ3v) is 4.02. The van der Waals surface area contributed by atoms with E-state index in [1.165, 1.54) is 0 Å². The summed E-state index contributed by atoms with van der Waals surface area (Å²) in [6, 6.07) is 19.7. The molecule has 0 aliphatic carbocycles. The Morgan fingerprint density at radius 1 is 0.923 bits per heavy atom. The number of benzene rings is 2. The van der Waals surface area contributed by atoms with E-state index in [1.807, 2.05) is 60.7 Å². The number of pyridine rings is 1. The van der Waals surface area contributed by atoms with Gasteiger partial charge in [0, 0.05) is 29.5 Å². The van der Waals surface area contributed by atoms with Gasteiger partial charge in [-0.25, -0.2) is 4.98 Å². The molecule has 0 unspecified atom stereocenters. The molecule has 0 saturated heterocycles. The Balaban J connectivity index is 1.65. The topological polar surface area (TPSA) is 67.8 Å². The largest absolute Gasteiger partial charge is 0.324 e. The minimum Gasteiger partial charge on any atom is -0.324 e. The molecule has 0 saturated carbocycles. The van der Waals surface area contributed by atoms with Gasteiger partial charge in [-0.1, -0.05) is 48.5 Å². The fourth-order valence-electron chi connectivity index (χ4n) is 2.80. The van der Waals surface area contributed by atoms with Gasteiger partial charge in [0.15, 0.2) is 0 Å². The van der Waals surface area contributed by atoms with E-state index in [-0.39, 0.29) is 12.3 Å². The van der Waals surface area contributed by atoms with Crippen molar-refractivity contribution in [3.05, 3.63) is 84.9 Å². The molecule has 2 aromatic heterocycles. The molecule has 4 rings (SSSR count). The Kier molecular flexibility index (Phi) is 4.35. The van der Waals surface area contributed by atoms with E-state index in [9.17, 15) is 4.79 Å². The summed E-state index contributed by atoms with van der Waals surface area (Å²) in [5.41, 5.74) is 3.99. The lowest BCUT2D eigenvalue weighted by Crippen LogP contribution is -2.15. The van der Waals surface area contributed by atoms with Crippen molar-refractivity contribution in [1.29, 1.82) is 0 Å². The van der Waals surface area contributed by atoms with E-state index in [0.29, 0.717) is 11.4 Å². The highest BCUT2D eigenvalue weighted by atomic mass is 16.1. The maximum absolute atomic E-state index is 12.4. The maximum atomic E-state index is 12.4. The van der Waals surface area contributed by atoms with Crippen LogP contribution in [0, 0.1) is 0 Å². The molecule has 0 aliphatic rings. The van der Waals surface area contributed by atoms with Crippen LogP contribution in [0.25, 0.3) is 22.2 Å². The summed E-state index contributed by atoms with van der Waals surface area (Å²) in [6.45, 7) is 0. The van der Waals surface area contributed by atoms with Crippen molar-refractivity contribution < 1.29 is 4.79 Å². The van der Waals surface area contributed by atoms with Gasteiger partial charge in [-0.15, -0.1) is 0 Å². The van der Waals surface area contributed by atoms with Gasteiger partial charge < -0.3 is 5.32 Å². The lowest BCUT2D eigenvalue weighted by molar-refractivity contribution is -0.115. The highest BCUT2D eigenvalue weighted by Crippen LogP contribution is 2.26. The van der Waals surface area contributed by atoms with Crippen molar-refractivity contribution in [3.63, 3.8) is 0 Å². The minimum atomic E-state index is -0.148. The number of carbonyl (C=O) groups excluding carboxylic acids is 1. The van der Waals surface area contributed by atoms with Crippen LogP contribution in [0.4, 0.5) is 5.69 Å². The van der Waals surface area contributed by atoms with Gasteiger partial charge in [-0.05, 0) is 12.1 Å². The van der Waals surface area contributed by atoms with Crippen molar-refractivity contribution in [2.24, 2.45) is 0 Å². The van der Waals surface area contributed by atoms with Crippen LogP contribution >= 0.6 is 0 Å². The summed E-state index contributed by atoms with van der Waals surface area (Å²) < 4.78 is 0. The summed E-state index contributed by atoms with van der Waals surface area (Å²) >= 11 is 0. The summed E-state index contributed by atoms with van der Waals surface area (Å²) in [5.74, 6) is -0.148. The smallest absolute Gasteiger partial charge is 0.230 e. The van der Waals surface area contributed by atoms with Crippen LogP contribution in [0.1, 0.15) is 5.69 Å². The predicted octanol–water partition coefficient (Wildman–Crippen LogP) is 3.87. The van der Waals surface area contributed by atoms with Crippen LogP contribution in [-0.2, 0) is 11.2 Å². The zero-order valence-electron chi connectivity index (χ0n) is 14.0. The molecule has 0 spiro atoms. The Bertz CT molecular complexity index is 1050. The van der Waals surface area contributed by atoms with Crippen LogP contribution in [0.3, 0.4) is 0 Å². The quantitative estimate of drug-likeness (QED) is 0.612. The number of aromatic nitrogens is 3. The molecule has 126 valence electrons. The summed E-state index contributed by atoms with van der Waals surface area (Å²) in [4.78, 5) is 25.3. The molecule has 2 heterocycles. The first-order chi connectivity index (χ1) is 12.8. The molecule has 0 aliphatic heterocycles. The van der Waals surface area contributed by atoms with E-state index in [0.717, 1.165) is 22.2 Å². The number of nitrogens with zero attached hydrogens (tertiary/aromatic N) is 3. The lowest BCUT2D eigenvalue weighted by atomic mass is 10.1. The van der Waals surface area contributed by atoms with E-state index in [2.05, 4.69) is 15.3 Å². The first-order valence-electron chi connectivity index (χ1n) is 8.29. The highest BCUT2D eigenvalue weighted by Gasteiger charge is 2.10. The van der Waals surface area contributed by atoms with Crippen molar-refractivity contribution in [3.8, 4) is 11.3 Å². The summed E-state index contributed by atoms with van der Waals surface area (Å²) in [6.07, 6.45) is 4.92. The molecule has 0 fully saturated rings. The molecular weight excluding hydrogens is 324 g/mol. The number of fused-ring (bicyclic) bond motifs is 1. The molecule has 0 radical (unpaired) electrons. The fourth-order valence-corrected chi connectivity index (χ4v) is 2.80. The summed E-state index contributed by atoms with van der Waals surface area (Å²) in [5, 5.41) is 3.92. The lowest BCUT2D eigenvalue weighted by Gasteiger charge is -2.09. The van der Waals surface area contributed by atoms with Crippen molar-refractivity contribution in [2.45, 2.75) is 6.42 Å². The molecule has 5 heteroatoms. The first kappa shape index (κ1) is 15.9. The van der Waals surface area contributed by atoms with Crippen molar-refractivity contribution in [2.75, 3.05) is 5.32 Å². The average molecular weight is 340 g/mol. The van der Waals surface area contributed by atoms with Crippen LogP contribution in [0.5, 0.6) is 0 Å². The van der Waals surface area contributed by atoms with E-state index in [4.69, 9.17) is 4.98 Å². The number of hydrogen-bond acceptors (Lipinski definition) is 4. The van der Waals surface area contributed by atoms with E-state index in [1.54, 1.807) is 18.6 Å². The van der Waals surface area contributed by atoms with Crippen LogP contribution in [-0.4, -0.2) is 20.9 Å². The number of carbonyl (C=O) groups is 1. The molecule has 5 nitrogen and oxygen atoms in total. The zero-order valence-corrected chi connectivity index (χ0v) is 14.0. The SMILES string of the molecule is O=C(Cc1cnccn1)Nc1cccc2ccc(-c3ccccc3)nc12. The van der Waals surface area contributed by atoms with Gasteiger partial charge in [0.25, 0.3) is 0 Å². The van der Waals surface area contributed by atoms with Crippen LogP contribution in [0.2, 0.25) is 0 Å². The number of para-hydroxylation sites is 1. The second-order valence-corrected chi connectivity index (χ2v) is 5.86. The number of nitrogens with one attached hydrogen (secondary N) is 1. The van der Waals surface area contributed by atoms with E-state index >= 15 is 0 Å². The number of amides is 1. The molecule has 0 atom stereocenters. The van der Waals surface area contributed by atoms with Gasteiger partial charge in [0.2, 0.25) is 5.91 Å². The Morgan fingerprint density at radius 2 is 1.81 bits per heavy atom. The molecule has 1 N–H and O–H groups in total.